The van der Waals surface area contributed by atoms with Gasteiger partial charge in [0.25, 0.3) is 5.91 Å². The van der Waals surface area contributed by atoms with Crippen molar-refractivity contribution in [1.29, 1.82) is 0 Å². The zero-order chi connectivity index (χ0) is 32.1. The minimum atomic E-state index is -3.70. The molecular formula is C34H54N6O3S. The van der Waals surface area contributed by atoms with Gasteiger partial charge < -0.3 is 20.1 Å². The zero-order valence-corrected chi connectivity index (χ0v) is 28.3. The number of nitrogens with zero attached hydrogens (tertiary/aromatic N) is 3. The lowest BCUT2D eigenvalue weighted by molar-refractivity contribution is 0.0741. The molecule has 0 bridgehead atoms. The molecule has 44 heavy (non-hydrogen) atoms. The van der Waals surface area contributed by atoms with E-state index in [4.69, 9.17) is 10.1 Å². The summed E-state index contributed by atoms with van der Waals surface area (Å²) < 4.78 is 25.1. The maximum atomic E-state index is 13.5. The summed E-state index contributed by atoms with van der Waals surface area (Å²) in [7, 11) is -3.70. The van der Waals surface area contributed by atoms with Crippen LogP contribution in [0, 0.1) is 11.8 Å². The third-order valence-electron chi connectivity index (χ3n) is 7.84. The van der Waals surface area contributed by atoms with Crippen molar-refractivity contribution in [2.75, 3.05) is 38.0 Å². The Bertz CT molecular complexity index is 1390. The van der Waals surface area contributed by atoms with Gasteiger partial charge in [-0.3, -0.25) is 4.79 Å². The van der Waals surface area contributed by atoms with Crippen LogP contribution in [0.4, 0.5) is 5.95 Å². The third kappa shape index (κ3) is 11.2. The molecule has 1 saturated heterocycles. The van der Waals surface area contributed by atoms with Crippen LogP contribution in [0.5, 0.6) is 0 Å². The van der Waals surface area contributed by atoms with E-state index in [-0.39, 0.29) is 10.8 Å². The number of fused-ring (bicyclic) bond motifs is 1. The van der Waals surface area contributed by atoms with Crippen LogP contribution in [0.2, 0.25) is 0 Å². The second kappa shape index (κ2) is 17.5. The summed E-state index contributed by atoms with van der Waals surface area (Å²) in [6.45, 7) is 16.3. The van der Waals surface area contributed by atoms with Gasteiger partial charge in [-0.25, -0.2) is 18.5 Å². The van der Waals surface area contributed by atoms with Gasteiger partial charge in [-0.05, 0) is 99.3 Å². The van der Waals surface area contributed by atoms with Crippen LogP contribution in [0.1, 0.15) is 89.1 Å². The van der Waals surface area contributed by atoms with Crippen LogP contribution in [0.25, 0.3) is 11.0 Å². The number of carbonyl (C=O) groups is 1. The first-order valence-electron chi connectivity index (χ1n) is 16.4. The maximum absolute atomic E-state index is 13.5. The van der Waals surface area contributed by atoms with Crippen molar-refractivity contribution in [3.05, 3.63) is 53.6 Å². The van der Waals surface area contributed by atoms with Crippen LogP contribution in [-0.2, 0) is 23.0 Å². The van der Waals surface area contributed by atoms with Gasteiger partial charge in [-0.2, -0.15) is 0 Å². The number of piperidine rings is 1. The molecule has 1 fully saturated rings. The number of sulfonamides is 1. The second-order valence-corrected chi connectivity index (χ2v) is 14.2. The zero-order valence-electron chi connectivity index (χ0n) is 27.4. The largest absolute Gasteiger partial charge is 0.355 e. The minimum absolute atomic E-state index is 0.0786. The Morgan fingerprint density at radius 3 is 2.14 bits per heavy atom. The van der Waals surface area contributed by atoms with Crippen LogP contribution in [0.15, 0.2) is 47.4 Å². The molecule has 1 aliphatic heterocycles. The fourth-order valence-electron chi connectivity index (χ4n) is 5.13. The summed E-state index contributed by atoms with van der Waals surface area (Å²) >= 11 is 0. The van der Waals surface area contributed by atoms with Crippen LogP contribution >= 0.6 is 0 Å². The molecular weight excluding hydrogens is 572 g/mol. The first-order valence-corrected chi connectivity index (χ1v) is 17.9. The number of nitrogens with one attached hydrogen (secondary N) is 2. The molecule has 0 atom stereocenters. The highest BCUT2D eigenvalue weighted by molar-refractivity contribution is 7.89. The molecule has 244 valence electrons. The topological polar surface area (TPSA) is 122 Å². The number of aromatic nitrogens is 2. The Morgan fingerprint density at radius 1 is 1.00 bits per heavy atom. The molecule has 1 aromatic heterocycles. The lowest BCUT2D eigenvalue weighted by atomic mass is 10.1. The summed E-state index contributed by atoms with van der Waals surface area (Å²) in [5.74, 6) is 1.93. The second-order valence-electron chi connectivity index (χ2n) is 12.6. The molecule has 3 aromatic rings. The monoisotopic (exact) mass is 626 g/mol. The Kier molecular flexibility index (Phi) is 14.1. The van der Waals surface area contributed by atoms with Crippen molar-refractivity contribution < 1.29 is 13.2 Å². The van der Waals surface area contributed by atoms with Crippen molar-refractivity contribution in [3.8, 4) is 0 Å². The minimum Gasteiger partial charge on any atom is -0.355 e. The van der Waals surface area contributed by atoms with Crippen LogP contribution < -0.4 is 15.8 Å². The van der Waals surface area contributed by atoms with Crippen molar-refractivity contribution in [1.82, 2.24) is 19.8 Å². The number of benzene rings is 2. The van der Waals surface area contributed by atoms with E-state index in [1.54, 1.807) is 12.1 Å². The first-order chi connectivity index (χ1) is 21.0. The first kappa shape index (κ1) is 35.5. The molecule has 2 aromatic carbocycles. The number of anilines is 1. The SMILES string of the molecule is C1CCNCC1.CCCn1c(NCCc2ccc(S(N)(=O)=O)cc2)nc2ccc(C(=O)N(CCC(C)C)CCC(C)C)cc21. The normalized spacial score (nSPS) is 13.6. The van der Waals surface area contributed by atoms with Crippen molar-refractivity contribution in [3.63, 3.8) is 0 Å². The van der Waals surface area contributed by atoms with E-state index < -0.39 is 10.0 Å². The van der Waals surface area contributed by atoms with Gasteiger partial charge in [-0.1, -0.05) is 53.2 Å². The average Bonchev–Trinajstić information content (AvgIpc) is 3.34. The molecule has 4 rings (SSSR count). The highest BCUT2D eigenvalue weighted by atomic mass is 32.2. The molecule has 0 radical (unpaired) electrons. The Labute approximate surface area is 265 Å². The molecule has 0 aliphatic carbocycles. The number of carbonyl (C=O) groups excluding carboxylic acids is 1. The van der Waals surface area contributed by atoms with Gasteiger partial charge in [0, 0.05) is 31.7 Å². The van der Waals surface area contributed by atoms with E-state index in [9.17, 15) is 13.2 Å². The lowest BCUT2D eigenvalue weighted by Gasteiger charge is -2.24. The average molecular weight is 627 g/mol. The third-order valence-corrected chi connectivity index (χ3v) is 8.77. The fourth-order valence-corrected chi connectivity index (χ4v) is 5.65. The Hall–Kier alpha value is -2.95. The number of nitrogens with two attached hydrogens (primary N) is 1. The fraction of sp³-hybridized carbons (Fsp3) is 0.588. The number of imidazole rings is 1. The highest BCUT2D eigenvalue weighted by Gasteiger charge is 2.19. The van der Waals surface area contributed by atoms with E-state index >= 15 is 0 Å². The predicted molar refractivity (Wildman–Crippen MR) is 182 cm³/mol. The quantitative estimate of drug-likeness (QED) is 0.201. The van der Waals surface area contributed by atoms with Crippen LogP contribution in [-0.4, -0.2) is 61.5 Å². The molecule has 0 unspecified atom stereocenters. The summed E-state index contributed by atoms with van der Waals surface area (Å²) in [5, 5.41) is 11.9. The molecule has 4 N–H and O–H groups in total. The summed E-state index contributed by atoms with van der Waals surface area (Å²) in [6, 6.07) is 12.4. The van der Waals surface area contributed by atoms with Gasteiger partial charge in [0.15, 0.2) is 0 Å². The van der Waals surface area contributed by atoms with Crippen molar-refractivity contribution >= 4 is 32.9 Å². The van der Waals surface area contributed by atoms with Gasteiger partial charge in [0.05, 0.1) is 15.9 Å². The van der Waals surface area contributed by atoms with Gasteiger partial charge in [0.2, 0.25) is 16.0 Å². The molecule has 9 nitrogen and oxygen atoms in total. The van der Waals surface area contributed by atoms with Crippen LogP contribution in [0.3, 0.4) is 0 Å². The van der Waals surface area contributed by atoms with E-state index in [1.165, 1.54) is 44.5 Å². The molecule has 2 heterocycles. The number of primary sulfonamides is 1. The smallest absolute Gasteiger partial charge is 0.253 e. The summed E-state index contributed by atoms with van der Waals surface area (Å²) in [4.78, 5) is 20.5. The van der Waals surface area contributed by atoms with E-state index in [0.29, 0.717) is 30.4 Å². The number of amides is 1. The predicted octanol–water partition coefficient (Wildman–Crippen LogP) is 6.04. The van der Waals surface area contributed by atoms with Crippen molar-refractivity contribution in [2.24, 2.45) is 17.0 Å². The maximum Gasteiger partial charge on any atom is 0.253 e. The van der Waals surface area contributed by atoms with Gasteiger partial charge >= 0.3 is 0 Å². The molecule has 0 spiro atoms. The Balaban J connectivity index is 0.000000785. The molecule has 1 aliphatic rings. The summed E-state index contributed by atoms with van der Waals surface area (Å²) in [6.07, 6.45) is 7.82. The van der Waals surface area contributed by atoms with Gasteiger partial charge in [0.1, 0.15) is 0 Å². The molecule has 0 saturated carbocycles. The molecule has 10 heteroatoms. The summed E-state index contributed by atoms with van der Waals surface area (Å²) in [5.41, 5.74) is 3.50. The van der Waals surface area contributed by atoms with Crippen molar-refractivity contribution in [2.45, 2.75) is 91.0 Å². The molecule has 1 amide bonds. The lowest BCUT2D eigenvalue weighted by Crippen LogP contribution is -2.34. The van der Waals surface area contributed by atoms with E-state index in [0.717, 1.165) is 61.4 Å². The van der Waals surface area contributed by atoms with E-state index in [1.807, 2.05) is 23.1 Å². The highest BCUT2D eigenvalue weighted by Crippen LogP contribution is 2.23. The standard InChI is InChI=1S/C29H43N5O3S.C5H11N/c1-6-17-34-27-20-24(28(35)33(18-14-21(2)3)19-15-22(4)5)9-12-26(27)32-29(34)31-16-13-23-7-10-25(11-8-23)38(30,36)37;1-2-4-6-5-3-1/h7-12,20-22H,6,13-19H2,1-5H3,(H,31,32)(H2,30,36,37);6H,1-5H2. The van der Waals surface area contributed by atoms with E-state index in [2.05, 4.69) is 49.8 Å². The number of aryl methyl sites for hydroxylation is 1. The van der Waals surface area contributed by atoms with Gasteiger partial charge in [-0.15, -0.1) is 0 Å². The number of rotatable bonds is 14. The number of hydrogen-bond donors (Lipinski definition) is 3. The number of hydrogen-bond acceptors (Lipinski definition) is 6. The Morgan fingerprint density at radius 2 is 1.64 bits per heavy atom.